The lowest BCUT2D eigenvalue weighted by Crippen LogP contribution is -2.12. The molecule has 0 radical (unpaired) electrons. The van der Waals surface area contributed by atoms with E-state index in [9.17, 15) is 0 Å². The predicted molar refractivity (Wildman–Crippen MR) is 74.3 cm³/mol. The largest absolute Gasteiger partial charge is 0.327 e. The number of aryl methyl sites for hydroxylation is 1. The first-order chi connectivity index (χ1) is 8.48. The molecule has 0 saturated heterocycles. The molecule has 0 atom stereocenters. The number of nitrogens with zero attached hydrogens (tertiary/aromatic N) is 2. The van der Waals surface area contributed by atoms with Gasteiger partial charge in [0.2, 0.25) is 0 Å². The van der Waals surface area contributed by atoms with Crippen LogP contribution in [0.15, 0.2) is 36.8 Å². The van der Waals surface area contributed by atoms with Gasteiger partial charge in [-0.3, -0.25) is 0 Å². The van der Waals surface area contributed by atoms with Crippen molar-refractivity contribution in [2.45, 2.75) is 26.2 Å². The van der Waals surface area contributed by atoms with Crippen molar-refractivity contribution in [3.63, 3.8) is 0 Å². The van der Waals surface area contributed by atoms with Crippen LogP contribution in [-0.4, -0.2) is 9.55 Å². The van der Waals surface area contributed by atoms with Crippen molar-refractivity contribution < 1.29 is 0 Å². The number of rotatable bonds is 0. The van der Waals surface area contributed by atoms with Gasteiger partial charge in [-0.25, -0.2) is 4.98 Å². The highest BCUT2D eigenvalue weighted by Crippen LogP contribution is 2.25. The van der Waals surface area contributed by atoms with Crippen molar-refractivity contribution in [1.82, 2.24) is 9.55 Å². The fraction of sp³-hybridized carbons (Fsp3) is 0.312. The van der Waals surface area contributed by atoms with Gasteiger partial charge >= 0.3 is 0 Å². The van der Waals surface area contributed by atoms with Crippen LogP contribution in [0.2, 0.25) is 0 Å². The van der Waals surface area contributed by atoms with Gasteiger partial charge in [0.15, 0.2) is 0 Å². The molecule has 0 bridgehead atoms. The molecule has 0 unspecified atom stereocenters. The molecule has 2 nitrogen and oxygen atoms in total. The van der Waals surface area contributed by atoms with Gasteiger partial charge in [0.1, 0.15) is 5.69 Å². The molecule has 0 aliphatic rings. The third-order valence-corrected chi connectivity index (χ3v) is 2.88. The number of aromatic nitrogens is 2. The van der Waals surface area contributed by atoms with Crippen LogP contribution in [0.5, 0.6) is 0 Å². The minimum Gasteiger partial charge on any atom is -0.327 e. The van der Waals surface area contributed by atoms with Crippen LogP contribution in [0.1, 0.15) is 37.6 Å². The summed E-state index contributed by atoms with van der Waals surface area (Å²) in [6.07, 6.45) is 3.55. The van der Waals surface area contributed by atoms with Gasteiger partial charge in [-0.1, -0.05) is 44.9 Å². The molecule has 2 rings (SSSR count). The van der Waals surface area contributed by atoms with Crippen molar-refractivity contribution in [2.24, 2.45) is 7.05 Å². The van der Waals surface area contributed by atoms with Crippen LogP contribution in [0.3, 0.4) is 0 Å². The monoisotopic (exact) mass is 238 g/mol. The Hall–Kier alpha value is -2.01. The summed E-state index contributed by atoms with van der Waals surface area (Å²) in [5.74, 6) is 6.42. The molecule has 0 aliphatic carbocycles. The van der Waals surface area contributed by atoms with Crippen molar-refractivity contribution in [3.8, 4) is 11.8 Å². The van der Waals surface area contributed by atoms with E-state index >= 15 is 0 Å². The zero-order valence-electron chi connectivity index (χ0n) is 11.4. The Morgan fingerprint density at radius 2 is 1.83 bits per heavy atom. The molecule has 92 valence electrons. The van der Waals surface area contributed by atoms with Crippen LogP contribution < -0.4 is 0 Å². The van der Waals surface area contributed by atoms with Crippen molar-refractivity contribution in [3.05, 3.63) is 53.6 Å². The van der Waals surface area contributed by atoms with Crippen LogP contribution in [0, 0.1) is 11.8 Å². The van der Waals surface area contributed by atoms with Crippen molar-refractivity contribution in [2.75, 3.05) is 0 Å². The Morgan fingerprint density at radius 1 is 1.11 bits per heavy atom. The van der Waals surface area contributed by atoms with E-state index in [2.05, 4.69) is 55.8 Å². The van der Waals surface area contributed by atoms with Crippen LogP contribution in [0.25, 0.3) is 0 Å². The fourth-order valence-electron chi connectivity index (χ4n) is 1.86. The smallest absolute Gasteiger partial charge is 0.112 e. The molecular formula is C16H18N2. The van der Waals surface area contributed by atoms with Gasteiger partial charge in [-0.05, 0) is 23.0 Å². The summed E-state index contributed by atoms with van der Waals surface area (Å²) in [5.41, 5.74) is 3.40. The van der Waals surface area contributed by atoms with Gasteiger partial charge in [-0.15, -0.1) is 0 Å². The second-order valence-corrected chi connectivity index (χ2v) is 5.44. The Balaban J connectivity index is 2.42. The maximum absolute atomic E-state index is 4.07. The molecule has 18 heavy (non-hydrogen) atoms. The molecule has 0 N–H and O–H groups in total. The first-order valence-corrected chi connectivity index (χ1v) is 6.06. The minimum absolute atomic E-state index is 0.109. The van der Waals surface area contributed by atoms with E-state index in [0.717, 1.165) is 11.3 Å². The second kappa shape index (κ2) is 4.70. The number of hydrogen-bond acceptors (Lipinski definition) is 1. The van der Waals surface area contributed by atoms with E-state index in [4.69, 9.17) is 0 Å². The SMILES string of the molecule is Cn1cncc1C#Cc1ccccc1C(C)(C)C. The Bertz CT molecular complexity index is 604. The zero-order chi connectivity index (χ0) is 13.2. The summed E-state index contributed by atoms with van der Waals surface area (Å²) in [7, 11) is 1.95. The summed E-state index contributed by atoms with van der Waals surface area (Å²) in [6, 6.07) is 8.32. The first kappa shape index (κ1) is 12.4. The second-order valence-electron chi connectivity index (χ2n) is 5.44. The third kappa shape index (κ3) is 2.62. The average Bonchev–Trinajstić information content (AvgIpc) is 2.71. The highest BCUT2D eigenvalue weighted by molar-refractivity contribution is 5.47. The lowest BCUT2D eigenvalue weighted by Gasteiger charge is -2.20. The topological polar surface area (TPSA) is 17.8 Å². The highest BCUT2D eigenvalue weighted by atomic mass is 15.0. The predicted octanol–water partition coefficient (Wildman–Crippen LogP) is 3.12. The van der Waals surface area contributed by atoms with Crippen molar-refractivity contribution in [1.29, 1.82) is 0 Å². The quantitative estimate of drug-likeness (QED) is 0.645. The Morgan fingerprint density at radius 3 is 2.44 bits per heavy atom. The van der Waals surface area contributed by atoms with Crippen LogP contribution in [-0.2, 0) is 12.5 Å². The van der Waals surface area contributed by atoms with Gasteiger partial charge in [0.05, 0.1) is 12.5 Å². The lowest BCUT2D eigenvalue weighted by molar-refractivity contribution is 0.589. The molecule has 0 aliphatic heterocycles. The molecule has 0 spiro atoms. The average molecular weight is 238 g/mol. The normalized spacial score (nSPS) is 10.9. The maximum atomic E-state index is 4.07. The summed E-state index contributed by atoms with van der Waals surface area (Å²) in [6.45, 7) is 6.62. The lowest BCUT2D eigenvalue weighted by atomic mass is 9.84. The standard InChI is InChI=1S/C16H18N2/c1-16(2,3)15-8-6-5-7-13(15)9-10-14-11-17-12-18(14)4/h5-8,11-12H,1-4H3. The molecule has 1 heterocycles. The van der Waals surface area contributed by atoms with Crippen LogP contribution >= 0.6 is 0 Å². The van der Waals surface area contributed by atoms with E-state index in [0.29, 0.717) is 0 Å². The summed E-state index contributed by atoms with van der Waals surface area (Å²) < 4.78 is 1.92. The van der Waals surface area contributed by atoms with Gasteiger partial charge in [-0.2, -0.15) is 0 Å². The molecular weight excluding hydrogens is 220 g/mol. The molecule has 0 fully saturated rings. The number of hydrogen-bond donors (Lipinski definition) is 0. The van der Waals surface area contributed by atoms with E-state index in [1.54, 1.807) is 12.5 Å². The molecule has 1 aromatic carbocycles. The van der Waals surface area contributed by atoms with E-state index in [1.807, 2.05) is 17.7 Å². The molecule has 0 saturated carbocycles. The summed E-state index contributed by atoms with van der Waals surface area (Å²) in [4.78, 5) is 4.07. The Labute approximate surface area is 109 Å². The van der Waals surface area contributed by atoms with Crippen LogP contribution in [0.4, 0.5) is 0 Å². The first-order valence-electron chi connectivity index (χ1n) is 6.06. The molecule has 0 amide bonds. The number of benzene rings is 1. The van der Waals surface area contributed by atoms with E-state index < -0.39 is 0 Å². The van der Waals surface area contributed by atoms with E-state index in [-0.39, 0.29) is 5.41 Å². The third-order valence-electron chi connectivity index (χ3n) is 2.88. The summed E-state index contributed by atoms with van der Waals surface area (Å²) >= 11 is 0. The van der Waals surface area contributed by atoms with Gasteiger partial charge in [0, 0.05) is 12.6 Å². The van der Waals surface area contributed by atoms with E-state index in [1.165, 1.54) is 5.56 Å². The minimum atomic E-state index is 0.109. The molecule has 1 aromatic heterocycles. The summed E-state index contributed by atoms with van der Waals surface area (Å²) in [5, 5.41) is 0. The fourth-order valence-corrected chi connectivity index (χ4v) is 1.86. The zero-order valence-corrected chi connectivity index (χ0v) is 11.4. The molecule has 2 aromatic rings. The number of imidazole rings is 1. The molecule has 2 heteroatoms. The maximum Gasteiger partial charge on any atom is 0.112 e. The van der Waals surface area contributed by atoms with Gasteiger partial charge in [0.25, 0.3) is 0 Å². The Kier molecular flexibility index (Phi) is 3.25. The highest BCUT2D eigenvalue weighted by Gasteiger charge is 2.16. The van der Waals surface area contributed by atoms with Crippen molar-refractivity contribution >= 4 is 0 Å². The van der Waals surface area contributed by atoms with Gasteiger partial charge < -0.3 is 4.57 Å².